The fourth-order valence-corrected chi connectivity index (χ4v) is 4.74. The number of rotatable bonds is 2. The molecule has 2 aliphatic rings. The molecule has 1 nitrogen and oxygen atoms in total. The van der Waals surface area contributed by atoms with Crippen LogP contribution >= 0.6 is 15.9 Å². The molecule has 26 heavy (non-hydrogen) atoms. The minimum absolute atomic E-state index is 0.334. The first-order chi connectivity index (χ1) is 12.8. The van der Waals surface area contributed by atoms with Crippen LogP contribution < -0.4 is 5.32 Å². The lowest BCUT2D eigenvalue weighted by Gasteiger charge is -2.38. The molecule has 3 atom stereocenters. The molecule has 0 unspecified atom stereocenters. The zero-order valence-corrected chi connectivity index (χ0v) is 16.0. The van der Waals surface area contributed by atoms with Crippen molar-refractivity contribution < 1.29 is 0 Å². The monoisotopic (exact) mass is 401 g/mol. The van der Waals surface area contributed by atoms with E-state index in [1.807, 2.05) is 0 Å². The molecule has 1 heterocycles. The molecule has 3 aromatic carbocycles. The average Bonchev–Trinajstić information content (AvgIpc) is 3.18. The van der Waals surface area contributed by atoms with Crippen LogP contribution in [0.2, 0.25) is 0 Å². The van der Waals surface area contributed by atoms with Gasteiger partial charge in [-0.3, -0.25) is 0 Å². The third-order valence-corrected chi connectivity index (χ3v) is 6.24. The maximum Gasteiger partial charge on any atom is 0.0554 e. The second-order valence-corrected chi connectivity index (χ2v) is 8.08. The summed E-state index contributed by atoms with van der Waals surface area (Å²) in [7, 11) is 0. The summed E-state index contributed by atoms with van der Waals surface area (Å²) in [5.74, 6) is 1.07. The van der Waals surface area contributed by atoms with Crippen molar-refractivity contribution >= 4 is 21.6 Å². The Morgan fingerprint density at radius 3 is 2.46 bits per heavy atom. The number of fused-ring (bicyclic) bond motifs is 3. The minimum Gasteiger partial charge on any atom is -0.377 e. The van der Waals surface area contributed by atoms with Gasteiger partial charge < -0.3 is 5.32 Å². The Hall–Kier alpha value is -2.32. The van der Waals surface area contributed by atoms with E-state index in [-0.39, 0.29) is 0 Å². The predicted molar refractivity (Wildman–Crippen MR) is 112 cm³/mol. The van der Waals surface area contributed by atoms with E-state index in [9.17, 15) is 0 Å². The first kappa shape index (κ1) is 15.9. The van der Waals surface area contributed by atoms with Gasteiger partial charge in [-0.25, -0.2) is 0 Å². The smallest absolute Gasteiger partial charge is 0.0554 e. The Bertz CT molecular complexity index is 959. The maximum absolute atomic E-state index is 3.92. The summed E-state index contributed by atoms with van der Waals surface area (Å²) < 4.78 is 1.13. The quantitative estimate of drug-likeness (QED) is 0.458. The number of allylic oxidation sites excluding steroid dienone is 2. The van der Waals surface area contributed by atoms with Crippen molar-refractivity contribution in [1.29, 1.82) is 0 Å². The van der Waals surface area contributed by atoms with Gasteiger partial charge in [0.25, 0.3) is 0 Å². The van der Waals surface area contributed by atoms with Gasteiger partial charge in [-0.2, -0.15) is 0 Å². The summed E-state index contributed by atoms with van der Waals surface area (Å²) in [5, 5.41) is 3.92. The lowest BCUT2D eigenvalue weighted by molar-refractivity contribution is 0.426. The fourth-order valence-electron chi connectivity index (χ4n) is 4.48. The standard InChI is InChI=1S/C24H20BrN/c25-18-14-12-17(13-15-18)23-21-10-5-9-20(21)22-11-4-8-19(24(22)26-23)16-6-2-1-3-7-16/h1-9,11-15,20-21,23,26H,10H2/t20-,21+,23-/m0/s1. The predicted octanol–water partition coefficient (Wildman–Crippen LogP) is 6.94. The van der Waals surface area contributed by atoms with E-state index in [4.69, 9.17) is 0 Å². The van der Waals surface area contributed by atoms with Crippen molar-refractivity contribution in [2.45, 2.75) is 18.4 Å². The maximum atomic E-state index is 3.92. The Labute approximate surface area is 162 Å². The second-order valence-electron chi connectivity index (χ2n) is 7.16. The summed E-state index contributed by atoms with van der Waals surface area (Å²) in [6.45, 7) is 0. The number of hydrogen-bond donors (Lipinski definition) is 1. The SMILES string of the molecule is Brc1ccc([C@@H]2Nc3c(-c4ccccc4)cccc3[C@H]3C=CC[C@H]32)cc1. The van der Waals surface area contributed by atoms with Crippen molar-refractivity contribution in [3.8, 4) is 11.1 Å². The molecule has 0 fully saturated rings. The molecule has 1 aliphatic heterocycles. The molecule has 0 radical (unpaired) electrons. The van der Waals surface area contributed by atoms with Crippen LogP contribution in [0.4, 0.5) is 5.69 Å². The average molecular weight is 402 g/mol. The number of hydrogen-bond acceptors (Lipinski definition) is 1. The number of halogens is 1. The third kappa shape index (κ3) is 2.60. The first-order valence-corrected chi connectivity index (χ1v) is 9.97. The molecule has 0 amide bonds. The molecule has 3 aromatic rings. The molecule has 2 heteroatoms. The molecule has 5 rings (SSSR count). The first-order valence-electron chi connectivity index (χ1n) is 9.18. The molecule has 0 saturated carbocycles. The van der Waals surface area contributed by atoms with Crippen molar-refractivity contribution in [2.75, 3.05) is 5.32 Å². The molecule has 1 aliphatic carbocycles. The van der Waals surface area contributed by atoms with E-state index in [2.05, 4.69) is 106 Å². The van der Waals surface area contributed by atoms with E-state index >= 15 is 0 Å². The van der Waals surface area contributed by atoms with Crippen molar-refractivity contribution in [1.82, 2.24) is 0 Å². The van der Waals surface area contributed by atoms with Gasteiger partial charge in [0.15, 0.2) is 0 Å². The van der Waals surface area contributed by atoms with Crippen LogP contribution in [0.25, 0.3) is 11.1 Å². The normalized spacial score (nSPS) is 23.2. The van der Waals surface area contributed by atoms with Gasteiger partial charge >= 0.3 is 0 Å². The topological polar surface area (TPSA) is 12.0 Å². The Kier molecular flexibility index (Phi) is 3.94. The Morgan fingerprint density at radius 2 is 1.65 bits per heavy atom. The van der Waals surface area contributed by atoms with Gasteiger partial charge in [0.2, 0.25) is 0 Å². The molecule has 0 saturated heterocycles. The number of nitrogens with one attached hydrogen (secondary N) is 1. The summed E-state index contributed by atoms with van der Waals surface area (Å²) in [4.78, 5) is 0. The minimum atomic E-state index is 0.334. The zero-order chi connectivity index (χ0) is 17.5. The van der Waals surface area contributed by atoms with E-state index in [0.29, 0.717) is 17.9 Å². The highest BCUT2D eigenvalue weighted by atomic mass is 79.9. The second kappa shape index (κ2) is 6.44. The number of benzene rings is 3. The van der Waals surface area contributed by atoms with Crippen LogP contribution in [0.5, 0.6) is 0 Å². The van der Waals surface area contributed by atoms with Gasteiger partial charge in [-0.15, -0.1) is 0 Å². The highest BCUT2D eigenvalue weighted by Gasteiger charge is 2.38. The lowest BCUT2D eigenvalue weighted by Crippen LogP contribution is -2.29. The fraction of sp³-hybridized carbons (Fsp3) is 0.167. The summed E-state index contributed by atoms with van der Waals surface area (Å²) in [6, 6.07) is 26.5. The van der Waals surface area contributed by atoms with Gasteiger partial charge in [0, 0.05) is 21.6 Å². The lowest BCUT2D eigenvalue weighted by atomic mass is 9.76. The summed E-state index contributed by atoms with van der Waals surface area (Å²) in [5.41, 5.74) is 6.65. The van der Waals surface area contributed by atoms with Gasteiger partial charge in [0.1, 0.15) is 0 Å². The zero-order valence-electron chi connectivity index (χ0n) is 14.4. The Morgan fingerprint density at radius 1 is 0.846 bits per heavy atom. The molecular formula is C24H20BrN. The Balaban J connectivity index is 1.65. The molecule has 1 N–H and O–H groups in total. The van der Waals surface area contributed by atoms with Gasteiger partial charge in [-0.1, -0.05) is 88.7 Å². The number of para-hydroxylation sites is 1. The molecule has 0 aromatic heterocycles. The largest absolute Gasteiger partial charge is 0.377 e. The van der Waals surface area contributed by atoms with Crippen molar-refractivity contribution in [3.05, 3.63) is 101 Å². The highest BCUT2D eigenvalue weighted by molar-refractivity contribution is 9.10. The van der Waals surface area contributed by atoms with E-state index in [0.717, 1.165) is 10.9 Å². The van der Waals surface area contributed by atoms with Crippen LogP contribution in [0.1, 0.15) is 29.5 Å². The van der Waals surface area contributed by atoms with Gasteiger partial charge in [0.05, 0.1) is 6.04 Å². The van der Waals surface area contributed by atoms with Crippen LogP contribution in [-0.2, 0) is 0 Å². The van der Waals surface area contributed by atoms with Crippen LogP contribution in [0.3, 0.4) is 0 Å². The number of anilines is 1. The summed E-state index contributed by atoms with van der Waals surface area (Å²) in [6.07, 6.45) is 5.89. The van der Waals surface area contributed by atoms with Crippen molar-refractivity contribution in [2.24, 2.45) is 5.92 Å². The highest BCUT2D eigenvalue weighted by Crippen LogP contribution is 2.52. The van der Waals surface area contributed by atoms with Gasteiger partial charge in [-0.05, 0) is 41.2 Å². The molecule has 0 spiro atoms. The third-order valence-electron chi connectivity index (χ3n) is 5.71. The molecule has 0 bridgehead atoms. The molecule has 128 valence electrons. The van der Waals surface area contributed by atoms with E-state index in [1.165, 1.54) is 27.9 Å². The molecular weight excluding hydrogens is 382 g/mol. The van der Waals surface area contributed by atoms with Crippen LogP contribution in [0.15, 0.2) is 89.4 Å². The summed E-state index contributed by atoms with van der Waals surface area (Å²) >= 11 is 3.56. The van der Waals surface area contributed by atoms with Crippen LogP contribution in [0, 0.1) is 5.92 Å². The van der Waals surface area contributed by atoms with Crippen LogP contribution in [-0.4, -0.2) is 0 Å². The van der Waals surface area contributed by atoms with Crippen molar-refractivity contribution in [3.63, 3.8) is 0 Å². The van der Waals surface area contributed by atoms with E-state index < -0.39 is 0 Å². The van der Waals surface area contributed by atoms with E-state index in [1.54, 1.807) is 0 Å².